The number of nitriles is 2. The molecule has 0 atom stereocenters. The van der Waals surface area contributed by atoms with Gasteiger partial charge in [0.15, 0.2) is 6.61 Å². The molecule has 0 aliphatic heterocycles. The second kappa shape index (κ2) is 6.82. The minimum Gasteiger partial charge on any atom is -0.479 e. The lowest BCUT2D eigenvalue weighted by molar-refractivity contribution is 0.368. The zero-order valence-corrected chi connectivity index (χ0v) is 10.8. The predicted octanol–water partition coefficient (Wildman–Crippen LogP) is 3.07. The largest absolute Gasteiger partial charge is 0.479 e. The van der Waals surface area contributed by atoms with Crippen LogP contribution in [0.5, 0.6) is 5.75 Å². The van der Waals surface area contributed by atoms with E-state index in [1.54, 1.807) is 18.2 Å². The Morgan fingerprint density at radius 3 is 2.45 bits per heavy atom. The fraction of sp³-hybridized carbons (Fsp3) is 0.125. The molecule has 0 aliphatic carbocycles. The van der Waals surface area contributed by atoms with Gasteiger partial charge < -0.3 is 10.1 Å². The van der Waals surface area contributed by atoms with E-state index < -0.39 is 0 Å². The quantitative estimate of drug-likeness (QED) is 0.900. The molecule has 0 fully saturated rings. The van der Waals surface area contributed by atoms with Gasteiger partial charge in [0.25, 0.3) is 0 Å². The molecule has 4 heteroatoms. The summed E-state index contributed by atoms with van der Waals surface area (Å²) in [5, 5.41) is 20.7. The molecule has 0 aromatic heterocycles. The maximum Gasteiger partial charge on any atom is 0.174 e. The van der Waals surface area contributed by atoms with Gasteiger partial charge in [-0.25, -0.2) is 0 Å². The number of rotatable bonds is 5. The van der Waals surface area contributed by atoms with Gasteiger partial charge >= 0.3 is 0 Å². The Balaban J connectivity index is 1.98. The highest BCUT2D eigenvalue weighted by Crippen LogP contribution is 2.17. The van der Waals surface area contributed by atoms with Gasteiger partial charge in [-0.2, -0.15) is 10.5 Å². The first-order valence-corrected chi connectivity index (χ1v) is 6.15. The Kier molecular flexibility index (Phi) is 4.59. The lowest BCUT2D eigenvalue weighted by atomic mass is 10.1. The van der Waals surface area contributed by atoms with Crippen LogP contribution in [-0.2, 0) is 6.54 Å². The van der Waals surface area contributed by atoms with E-state index in [2.05, 4.69) is 11.4 Å². The molecule has 0 saturated carbocycles. The predicted molar refractivity (Wildman–Crippen MR) is 76.0 cm³/mol. The van der Waals surface area contributed by atoms with Crippen LogP contribution < -0.4 is 10.1 Å². The van der Waals surface area contributed by atoms with Crippen LogP contribution in [0, 0.1) is 22.7 Å². The maximum atomic E-state index is 9.01. The number of anilines is 1. The molecule has 98 valence electrons. The van der Waals surface area contributed by atoms with Crippen LogP contribution in [0.1, 0.15) is 11.1 Å². The molecule has 0 saturated heterocycles. The number of hydrogen-bond donors (Lipinski definition) is 1. The molecule has 0 heterocycles. The lowest BCUT2D eigenvalue weighted by Gasteiger charge is -2.08. The van der Waals surface area contributed by atoms with Gasteiger partial charge in [0, 0.05) is 12.2 Å². The summed E-state index contributed by atoms with van der Waals surface area (Å²) < 4.78 is 5.18. The summed E-state index contributed by atoms with van der Waals surface area (Å²) in [6.45, 7) is 0.629. The van der Waals surface area contributed by atoms with Crippen LogP contribution in [0.3, 0.4) is 0 Å². The Labute approximate surface area is 117 Å². The summed E-state index contributed by atoms with van der Waals surface area (Å²) in [7, 11) is 0. The van der Waals surface area contributed by atoms with E-state index in [-0.39, 0.29) is 6.61 Å². The molecule has 0 radical (unpaired) electrons. The van der Waals surface area contributed by atoms with Gasteiger partial charge in [0.1, 0.15) is 11.8 Å². The number of ether oxygens (including phenoxy) is 1. The third kappa shape index (κ3) is 3.51. The highest BCUT2D eigenvalue weighted by Gasteiger charge is 2.00. The van der Waals surface area contributed by atoms with E-state index in [4.69, 9.17) is 15.3 Å². The van der Waals surface area contributed by atoms with Crippen molar-refractivity contribution < 1.29 is 4.74 Å². The lowest BCUT2D eigenvalue weighted by Crippen LogP contribution is -2.01. The first-order valence-electron chi connectivity index (χ1n) is 6.15. The fourth-order valence-electron chi connectivity index (χ4n) is 1.77. The van der Waals surface area contributed by atoms with Crippen molar-refractivity contribution in [1.82, 2.24) is 0 Å². The van der Waals surface area contributed by atoms with Crippen molar-refractivity contribution in [1.29, 1.82) is 10.5 Å². The van der Waals surface area contributed by atoms with Crippen LogP contribution in [0.25, 0.3) is 0 Å². The van der Waals surface area contributed by atoms with Gasteiger partial charge in [-0.05, 0) is 35.9 Å². The SMILES string of the molecule is N#CCOc1ccc(NCc2ccccc2C#N)cc1. The minimum atomic E-state index is 0.0440. The third-order valence-corrected chi connectivity index (χ3v) is 2.78. The zero-order valence-electron chi connectivity index (χ0n) is 10.8. The minimum absolute atomic E-state index is 0.0440. The first-order chi connectivity index (χ1) is 9.83. The molecule has 2 aromatic carbocycles. The molecule has 0 amide bonds. The van der Waals surface area contributed by atoms with E-state index in [0.717, 1.165) is 11.3 Å². The van der Waals surface area contributed by atoms with Crippen molar-refractivity contribution in [2.24, 2.45) is 0 Å². The molecular formula is C16H13N3O. The van der Waals surface area contributed by atoms with Crippen LogP contribution in [-0.4, -0.2) is 6.61 Å². The van der Waals surface area contributed by atoms with Crippen molar-refractivity contribution in [3.63, 3.8) is 0 Å². The Morgan fingerprint density at radius 2 is 1.75 bits per heavy atom. The first kappa shape index (κ1) is 13.5. The average Bonchev–Trinajstić information content (AvgIpc) is 2.52. The fourth-order valence-corrected chi connectivity index (χ4v) is 1.77. The van der Waals surface area contributed by atoms with Gasteiger partial charge in [-0.15, -0.1) is 0 Å². The molecule has 2 aromatic rings. The summed E-state index contributed by atoms with van der Waals surface area (Å²) >= 11 is 0. The Bertz CT molecular complexity index is 651. The van der Waals surface area contributed by atoms with Gasteiger partial charge in [-0.1, -0.05) is 18.2 Å². The van der Waals surface area contributed by atoms with Gasteiger partial charge in [0.2, 0.25) is 0 Å². The van der Waals surface area contributed by atoms with Crippen LogP contribution in [0.15, 0.2) is 48.5 Å². The molecule has 1 N–H and O–H groups in total. The Hall–Kier alpha value is -2.98. The Morgan fingerprint density at radius 1 is 1.00 bits per heavy atom. The monoisotopic (exact) mass is 263 g/mol. The molecule has 4 nitrogen and oxygen atoms in total. The molecule has 0 spiro atoms. The van der Waals surface area contributed by atoms with Crippen LogP contribution in [0.2, 0.25) is 0 Å². The molecule has 0 bridgehead atoms. The van der Waals surface area contributed by atoms with E-state index in [9.17, 15) is 0 Å². The highest BCUT2D eigenvalue weighted by molar-refractivity contribution is 5.48. The second-order valence-electron chi connectivity index (χ2n) is 4.09. The highest BCUT2D eigenvalue weighted by atomic mass is 16.5. The third-order valence-electron chi connectivity index (χ3n) is 2.78. The van der Waals surface area contributed by atoms with Crippen molar-refractivity contribution in [2.75, 3.05) is 11.9 Å². The summed E-state index contributed by atoms with van der Waals surface area (Å²) in [5.74, 6) is 0.662. The molecule has 0 aliphatic rings. The van der Waals surface area contributed by atoms with Gasteiger partial charge in [-0.3, -0.25) is 0 Å². The number of hydrogen-bond acceptors (Lipinski definition) is 4. The van der Waals surface area contributed by atoms with Crippen LogP contribution >= 0.6 is 0 Å². The number of nitrogens with zero attached hydrogens (tertiary/aromatic N) is 2. The standard InChI is InChI=1S/C16H13N3O/c17-9-10-20-16-7-5-15(6-8-16)19-12-14-4-2-1-3-13(14)11-18/h1-8,19H,10,12H2. The van der Waals surface area contributed by atoms with Gasteiger partial charge in [0.05, 0.1) is 11.6 Å². The van der Waals surface area contributed by atoms with E-state index in [1.165, 1.54) is 0 Å². The van der Waals surface area contributed by atoms with Crippen molar-refractivity contribution in [2.45, 2.75) is 6.54 Å². The summed E-state index contributed by atoms with van der Waals surface area (Å²) in [6, 6.07) is 18.9. The zero-order chi connectivity index (χ0) is 14.2. The van der Waals surface area contributed by atoms with Crippen molar-refractivity contribution >= 4 is 5.69 Å². The van der Waals surface area contributed by atoms with Crippen LogP contribution in [0.4, 0.5) is 5.69 Å². The van der Waals surface area contributed by atoms with E-state index in [0.29, 0.717) is 17.9 Å². The second-order valence-corrected chi connectivity index (χ2v) is 4.09. The molecule has 20 heavy (non-hydrogen) atoms. The van der Waals surface area contributed by atoms with E-state index >= 15 is 0 Å². The van der Waals surface area contributed by atoms with Crippen molar-refractivity contribution in [3.05, 3.63) is 59.7 Å². The summed E-state index contributed by atoms with van der Waals surface area (Å²) in [5.41, 5.74) is 2.57. The normalized spacial score (nSPS) is 9.30. The number of nitrogens with one attached hydrogen (secondary N) is 1. The number of benzene rings is 2. The molecule has 0 unspecified atom stereocenters. The average molecular weight is 263 g/mol. The van der Waals surface area contributed by atoms with Crippen molar-refractivity contribution in [3.8, 4) is 17.9 Å². The smallest absolute Gasteiger partial charge is 0.174 e. The molecule has 2 rings (SSSR count). The van der Waals surface area contributed by atoms with E-state index in [1.807, 2.05) is 36.4 Å². The summed E-state index contributed by atoms with van der Waals surface area (Å²) in [6.07, 6.45) is 0. The maximum absolute atomic E-state index is 9.01. The summed E-state index contributed by atoms with van der Waals surface area (Å²) in [4.78, 5) is 0. The topological polar surface area (TPSA) is 68.8 Å². The molecular weight excluding hydrogens is 250 g/mol.